The van der Waals surface area contributed by atoms with Gasteiger partial charge < -0.3 is 19.8 Å². The summed E-state index contributed by atoms with van der Waals surface area (Å²) in [6, 6.07) is 3.91. The van der Waals surface area contributed by atoms with E-state index in [2.05, 4.69) is 42.0 Å². The average molecular weight is 457 g/mol. The van der Waals surface area contributed by atoms with Gasteiger partial charge in [0.1, 0.15) is 17.2 Å². The molecule has 1 fully saturated rings. The van der Waals surface area contributed by atoms with Gasteiger partial charge in [0.2, 0.25) is 11.9 Å². The van der Waals surface area contributed by atoms with E-state index in [-0.39, 0.29) is 12.1 Å². The summed E-state index contributed by atoms with van der Waals surface area (Å²) in [4.78, 5) is 19.7. The SMILES string of the molecule is [C-]#[N+][C@@H]1CCN(c2nn3c4cc(ncc24)Nc2ccnc(n2)-c2cnn(C)c2OCCC3C)C1. The maximum Gasteiger partial charge on any atom is 0.242 e. The largest absolute Gasteiger partial charge is 0.477 e. The van der Waals surface area contributed by atoms with Crippen molar-refractivity contribution in [3.63, 3.8) is 0 Å². The number of nitrogens with one attached hydrogen (secondary N) is 1. The van der Waals surface area contributed by atoms with Crippen LogP contribution in [0.3, 0.4) is 0 Å². The van der Waals surface area contributed by atoms with Gasteiger partial charge in [0, 0.05) is 44.9 Å². The molecule has 6 rings (SSSR count). The van der Waals surface area contributed by atoms with Crippen molar-refractivity contribution in [3.05, 3.63) is 42.1 Å². The van der Waals surface area contributed by atoms with Crippen LogP contribution in [0, 0.1) is 6.57 Å². The Bertz CT molecular complexity index is 1420. The normalized spacial score (nSPS) is 19.9. The minimum Gasteiger partial charge on any atom is -0.477 e. The Kier molecular flexibility index (Phi) is 4.79. The van der Waals surface area contributed by atoms with Gasteiger partial charge in [0.15, 0.2) is 11.6 Å². The third-order valence-corrected chi connectivity index (χ3v) is 6.45. The van der Waals surface area contributed by atoms with Gasteiger partial charge in [-0.2, -0.15) is 10.2 Å². The fourth-order valence-corrected chi connectivity index (χ4v) is 4.58. The van der Waals surface area contributed by atoms with Crippen molar-refractivity contribution >= 4 is 28.4 Å². The molecule has 0 amide bonds. The lowest BCUT2D eigenvalue weighted by atomic mass is 10.2. The van der Waals surface area contributed by atoms with E-state index in [1.165, 1.54) is 0 Å². The Morgan fingerprint density at radius 2 is 2.12 bits per heavy atom. The highest BCUT2D eigenvalue weighted by molar-refractivity contribution is 5.92. The molecular formula is C23H24N10O. The van der Waals surface area contributed by atoms with Gasteiger partial charge in [-0.3, -0.25) is 4.68 Å². The van der Waals surface area contributed by atoms with Gasteiger partial charge in [0.25, 0.3) is 0 Å². The topological polar surface area (TPSA) is 103 Å². The Morgan fingerprint density at radius 1 is 1.21 bits per heavy atom. The number of rotatable bonds is 1. The zero-order valence-electron chi connectivity index (χ0n) is 19.0. The fourth-order valence-electron chi connectivity index (χ4n) is 4.58. The van der Waals surface area contributed by atoms with Crippen molar-refractivity contribution in [2.75, 3.05) is 29.9 Å². The Morgan fingerprint density at radius 3 is 2.97 bits per heavy atom. The summed E-state index contributed by atoms with van der Waals surface area (Å²) in [5.74, 6) is 3.36. The molecule has 1 saturated heterocycles. The number of anilines is 3. The van der Waals surface area contributed by atoms with E-state index in [1.54, 1.807) is 23.1 Å². The molecule has 2 aliphatic rings. The summed E-state index contributed by atoms with van der Waals surface area (Å²) in [5.41, 5.74) is 1.73. The molecular weight excluding hydrogens is 432 g/mol. The monoisotopic (exact) mass is 456 g/mol. The van der Waals surface area contributed by atoms with Gasteiger partial charge in [-0.1, -0.05) is 0 Å². The van der Waals surface area contributed by atoms with Gasteiger partial charge >= 0.3 is 0 Å². The first kappa shape index (κ1) is 20.4. The van der Waals surface area contributed by atoms with Crippen LogP contribution in [-0.4, -0.2) is 60.3 Å². The molecule has 11 heteroatoms. The van der Waals surface area contributed by atoms with Crippen LogP contribution in [0.5, 0.6) is 5.88 Å². The molecule has 4 aromatic heterocycles. The Hall–Kier alpha value is -4.20. The van der Waals surface area contributed by atoms with E-state index in [0.717, 1.165) is 41.7 Å². The fraction of sp³-hybridized carbons (Fsp3) is 0.391. The molecule has 0 aromatic carbocycles. The molecule has 2 aliphatic heterocycles. The van der Waals surface area contributed by atoms with Gasteiger partial charge in [0.05, 0.1) is 36.3 Å². The maximum absolute atomic E-state index is 7.40. The standard InChI is InChI=1S/C23H24N10O/c1-14-6-9-34-23-17(12-27-31(23)3)21-25-7-4-19(29-21)28-20-10-18-16(11-26-20)22(30-33(14)18)32-8-5-15(13-32)24-2/h4,7,10-12,14-15H,5-6,8-9,13H2,1,3H3,(H,25,26,28,29)/t14?,15-/m1/s1. The zero-order valence-corrected chi connectivity index (χ0v) is 19.0. The lowest BCUT2D eigenvalue weighted by molar-refractivity contribution is 0.260. The third kappa shape index (κ3) is 3.39. The number of hydrogen-bond acceptors (Lipinski definition) is 8. The van der Waals surface area contributed by atoms with E-state index in [0.29, 0.717) is 36.5 Å². The van der Waals surface area contributed by atoms with Crippen LogP contribution in [-0.2, 0) is 7.05 Å². The Balaban J connectivity index is 1.45. The highest BCUT2D eigenvalue weighted by Gasteiger charge is 2.30. The second-order valence-corrected chi connectivity index (χ2v) is 8.74. The smallest absolute Gasteiger partial charge is 0.242 e. The molecule has 0 spiro atoms. The number of aromatic nitrogens is 7. The minimum atomic E-state index is 0.0154. The van der Waals surface area contributed by atoms with Crippen LogP contribution in [0.25, 0.3) is 27.1 Å². The predicted molar refractivity (Wildman–Crippen MR) is 127 cm³/mol. The van der Waals surface area contributed by atoms with Crippen LogP contribution in [0.4, 0.5) is 17.5 Å². The van der Waals surface area contributed by atoms with E-state index in [4.69, 9.17) is 16.4 Å². The number of pyridine rings is 1. The molecule has 0 saturated carbocycles. The van der Waals surface area contributed by atoms with Crippen LogP contribution < -0.4 is 15.0 Å². The first-order valence-corrected chi connectivity index (χ1v) is 11.4. The van der Waals surface area contributed by atoms with Crippen molar-refractivity contribution in [3.8, 4) is 17.3 Å². The molecule has 4 bridgehead atoms. The Labute approximate surface area is 196 Å². The van der Waals surface area contributed by atoms with Gasteiger partial charge in [-0.25, -0.2) is 26.2 Å². The van der Waals surface area contributed by atoms with Crippen molar-refractivity contribution < 1.29 is 4.74 Å². The molecule has 2 atom stereocenters. The van der Waals surface area contributed by atoms with E-state index < -0.39 is 0 Å². The molecule has 0 radical (unpaired) electrons. The number of nitrogens with zero attached hydrogens (tertiary/aromatic N) is 9. The molecule has 1 N–H and O–H groups in total. The van der Waals surface area contributed by atoms with Gasteiger partial charge in [-0.05, 0) is 13.0 Å². The predicted octanol–water partition coefficient (Wildman–Crippen LogP) is 3.21. The first-order valence-electron chi connectivity index (χ1n) is 11.4. The van der Waals surface area contributed by atoms with E-state index >= 15 is 0 Å². The molecule has 11 nitrogen and oxygen atoms in total. The van der Waals surface area contributed by atoms with Crippen LogP contribution in [0.1, 0.15) is 25.8 Å². The number of hydrogen-bond donors (Lipinski definition) is 1. The van der Waals surface area contributed by atoms with E-state index in [1.807, 2.05) is 24.0 Å². The summed E-state index contributed by atoms with van der Waals surface area (Å²) in [5, 5.41) is 13.6. The second-order valence-electron chi connectivity index (χ2n) is 8.74. The van der Waals surface area contributed by atoms with Crippen molar-refractivity contribution in [1.82, 2.24) is 34.5 Å². The number of aryl methyl sites for hydroxylation is 1. The third-order valence-electron chi connectivity index (χ3n) is 6.45. The van der Waals surface area contributed by atoms with Crippen molar-refractivity contribution in [1.29, 1.82) is 0 Å². The number of ether oxygens (including phenoxy) is 1. The maximum atomic E-state index is 7.40. The summed E-state index contributed by atoms with van der Waals surface area (Å²) in [7, 11) is 1.85. The zero-order chi connectivity index (χ0) is 23.2. The summed E-state index contributed by atoms with van der Waals surface area (Å²) in [6.45, 7) is 11.5. The summed E-state index contributed by atoms with van der Waals surface area (Å²) >= 11 is 0. The molecule has 34 heavy (non-hydrogen) atoms. The van der Waals surface area contributed by atoms with E-state index in [9.17, 15) is 0 Å². The molecule has 6 heterocycles. The highest BCUT2D eigenvalue weighted by Crippen LogP contribution is 2.34. The second kappa shape index (κ2) is 7.98. The molecule has 1 unspecified atom stereocenters. The van der Waals surface area contributed by atoms with Gasteiger partial charge in [-0.15, -0.1) is 0 Å². The lowest BCUT2D eigenvalue weighted by Crippen LogP contribution is -2.21. The van der Waals surface area contributed by atoms with Crippen molar-refractivity contribution in [2.24, 2.45) is 7.05 Å². The summed E-state index contributed by atoms with van der Waals surface area (Å²) in [6.07, 6.45) is 6.89. The van der Waals surface area contributed by atoms with Crippen LogP contribution >= 0.6 is 0 Å². The summed E-state index contributed by atoms with van der Waals surface area (Å²) < 4.78 is 9.91. The molecule has 172 valence electrons. The molecule has 4 aromatic rings. The quantitative estimate of drug-likeness (QED) is 0.436. The van der Waals surface area contributed by atoms with Crippen LogP contribution in [0.2, 0.25) is 0 Å². The van der Waals surface area contributed by atoms with Crippen LogP contribution in [0.15, 0.2) is 30.7 Å². The molecule has 0 aliphatic carbocycles. The minimum absolute atomic E-state index is 0.0154. The number of fused-ring (bicyclic) bond motifs is 5. The highest BCUT2D eigenvalue weighted by atomic mass is 16.5. The van der Waals surface area contributed by atoms with Crippen molar-refractivity contribution in [2.45, 2.75) is 31.8 Å². The average Bonchev–Trinajstić information content (AvgIpc) is 3.56. The lowest BCUT2D eigenvalue weighted by Gasteiger charge is -2.16. The first-order chi connectivity index (χ1) is 16.6.